The highest BCUT2D eigenvalue weighted by molar-refractivity contribution is 9.11. The average Bonchev–Trinajstić information content (AvgIpc) is 2.76. The second kappa shape index (κ2) is 6.13. The average molecular weight is 406 g/mol. The zero-order valence-corrected chi connectivity index (χ0v) is 13.9. The van der Waals surface area contributed by atoms with E-state index in [1.165, 1.54) is 0 Å². The molecule has 1 saturated heterocycles. The number of likely N-dealkylation sites (tertiary alicyclic amines) is 1. The molecule has 108 valence electrons. The minimum Gasteiger partial charge on any atom is -0.481 e. The summed E-state index contributed by atoms with van der Waals surface area (Å²) in [4.78, 5) is 24.9. The number of urea groups is 1. The van der Waals surface area contributed by atoms with E-state index < -0.39 is 11.9 Å². The van der Waals surface area contributed by atoms with Gasteiger partial charge in [-0.15, -0.1) is 0 Å². The van der Waals surface area contributed by atoms with Crippen molar-refractivity contribution >= 4 is 49.5 Å². The largest absolute Gasteiger partial charge is 0.481 e. The number of nitrogens with zero attached hydrogens (tertiary/aromatic N) is 1. The highest BCUT2D eigenvalue weighted by atomic mass is 79.9. The topological polar surface area (TPSA) is 69.6 Å². The summed E-state index contributed by atoms with van der Waals surface area (Å²) in [6, 6.07) is 4.89. The predicted octanol–water partition coefficient (Wildman–Crippen LogP) is 3.54. The van der Waals surface area contributed by atoms with E-state index in [1.54, 1.807) is 17.9 Å². The van der Waals surface area contributed by atoms with E-state index in [4.69, 9.17) is 5.11 Å². The van der Waals surface area contributed by atoms with Crippen LogP contribution in [0.4, 0.5) is 10.5 Å². The monoisotopic (exact) mass is 404 g/mol. The summed E-state index contributed by atoms with van der Waals surface area (Å²) in [6.45, 7) is 2.22. The van der Waals surface area contributed by atoms with Gasteiger partial charge >= 0.3 is 12.0 Å². The molecule has 2 rings (SSSR count). The Labute approximate surface area is 133 Å². The number of carbonyl (C=O) groups excluding carboxylic acids is 1. The maximum atomic E-state index is 12.2. The normalized spacial score (nSPS) is 21.9. The molecule has 0 radical (unpaired) electrons. The second-order valence-corrected chi connectivity index (χ2v) is 6.49. The van der Waals surface area contributed by atoms with Crippen molar-refractivity contribution in [1.29, 1.82) is 0 Å². The van der Waals surface area contributed by atoms with Gasteiger partial charge < -0.3 is 15.3 Å². The molecular weight excluding hydrogens is 392 g/mol. The number of halogens is 2. The fourth-order valence-corrected chi connectivity index (χ4v) is 3.04. The number of carboxylic acid groups (broad SMARTS) is 1. The van der Waals surface area contributed by atoms with E-state index in [9.17, 15) is 9.59 Å². The molecule has 2 amide bonds. The molecule has 1 aromatic rings. The van der Waals surface area contributed by atoms with Crippen molar-refractivity contribution in [2.24, 2.45) is 5.92 Å². The van der Waals surface area contributed by atoms with Crippen LogP contribution in [0.2, 0.25) is 0 Å². The standard InChI is InChI=1S/C13H14Br2N2O3/c1-7-9(12(18)19)4-5-17(7)13(20)16-11-6-8(14)2-3-10(11)15/h2-3,6-7,9H,4-5H2,1H3,(H,16,20)(H,18,19). The zero-order valence-electron chi connectivity index (χ0n) is 10.8. The summed E-state index contributed by atoms with van der Waals surface area (Å²) in [5, 5.41) is 11.9. The molecule has 2 unspecified atom stereocenters. The lowest BCUT2D eigenvalue weighted by molar-refractivity contribution is -0.142. The van der Waals surface area contributed by atoms with Crippen molar-refractivity contribution in [1.82, 2.24) is 4.90 Å². The van der Waals surface area contributed by atoms with E-state index >= 15 is 0 Å². The fourth-order valence-electron chi connectivity index (χ4n) is 2.34. The predicted molar refractivity (Wildman–Crippen MR) is 82.8 cm³/mol. The number of nitrogens with one attached hydrogen (secondary N) is 1. The van der Waals surface area contributed by atoms with Gasteiger partial charge in [-0.3, -0.25) is 4.79 Å². The van der Waals surface area contributed by atoms with Crippen LogP contribution in [0.25, 0.3) is 0 Å². The molecule has 1 aliphatic heterocycles. The molecule has 7 heteroatoms. The smallest absolute Gasteiger partial charge is 0.322 e. The summed E-state index contributed by atoms with van der Waals surface area (Å²) in [5.41, 5.74) is 0.648. The Bertz CT molecular complexity index is 550. The Hall–Kier alpha value is -1.08. The third-order valence-corrected chi connectivity index (χ3v) is 4.69. The molecule has 0 aromatic heterocycles. The van der Waals surface area contributed by atoms with E-state index in [-0.39, 0.29) is 12.1 Å². The van der Waals surface area contributed by atoms with Gasteiger partial charge in [0.2, 0.25) is 0 Å². The summed E-state index contributed by atoms with van der Waals surface area (Å²) >= 11 is 6.72. The Kier molecular flexibility index (Phi) is 4.70. The molecule has 1 heterocycles. The first kappa shape index (κ1) is 15.3. The molecule has 0 spiro atoms. The lowest BCUT2D eigenvalue weighted by Crippen LogP contribution is -2.40. The number of amides is 2. The van der Waals surface area contributed by atoms with Crippen LogP contribution in [0.3, 0.4) is 0 Å². The molecule has 0 aliphatic carbocycles. The van der Waals surface area contributed by atoms with Crippen LogP contribution < -0.4 is 5.32 Å². The summed E-state index contributed by atoms with van der Waals surface area (Å²) in [6.07, 6.45) is 0.490. The maximum absolute atomic E-state index is 12.2. The second-order valence-electron chi connectivity index (χ2n) is 4.72. The first-order valence-electron chi connectivity index (χ1n) is 6.15. The Morgan fingerprint density at radius 2 is 2.10 bits per heavy atom. The zero-order chi connectivity index (χ0) is 14.9. The first-order chi connectivity index (χ1) is 9.40. The molecular formula is C13H14Br2N2O3. The molecule has 1 aliphatic rings. The molecule has 1 aromatic carbocycles. The van der Waals surface area contributed by atoms with Crippen LogP contribution in [-0.2, 0) is 4.79 Å². The minimum absolute atomic E-state index is 0.278. The van der Waals surface area contributed by atoms with Crippen molar-refractivity contribution in [3.63, 3.8) is 0 Å². The van der Waals surface area contributed by atoms with Crippen molar-refractivity contribution < 1.29 is 14.7 Å². The van der Waals surface area contributed by atoms with Gasteiger partial charge in [0.15, 0.2) is 0 Å². The van der Waals surface area contributed by atoms with Crippen molar-refractivity contribution in [2.45, 2.75) is 19.4 Å². The number of anilines is 1. The van der Waals surface area contributed by atoms with E-state index in [0.717, 1.165) is 8.95 Å². The van der Waals surface area contributed by atoms with Crippen LogP contribution in [0, 0.1) is 5.92 Å². The van der Waals surface area contributed by atoms with Crippen LogP contribution in [0.5, 0.6) is 0 Å². The summed E-state index contributed by atoms with van der Waals surface area (Å²) in [5.74, 6) is -1.34. The molecule has 2 atom stereocenters. The van der Waals surface area contributed by atoms with Crippen LogP contribution in [0.15, 0.2) is 27.1 Å². The Morgan fingerprint density at radius 1 is 1.40 bits per heavy atom. The Balaban J connectivity index is 2.09. The van der Waals surface area contributed by atoms with Gasteiger partial charge in [-0.1, -0.05) is 15.9 Å². The number of carboxylic acids is 1. The third-order valence-electron chi connectivity index (χ3n) is 3.50. The minimum atomic E-state index is -0.851. The fraction of sp³-hybridized carbons (Fsp3) is 0.385. The van der Waals surface area contributed by atoms with Crippen LogP contribution in [0.1, 0.15) is 13.3 Å². The first-order valence-corrected chi connectivity index (χ1v) is 7.74. The third kappa shape index (κ3) is 3.15. The van der Waals surface area contributed by atoms with Gasteiger partial charge in [0.05, 0.1) is 11.6 Å². The lowest BCUT2D eigenvalue weighted by atomic mass is 10.0. The number of rotatable bonds is 2. The number of hydrogen-bond acceptors (Lipinski definition) is 2. The highest BCUT2D eigenvalue weighted by Gasteiger charge is 2.38. The van der Waals surface area contributed by atoms with E-state index in [1.807, 2.05) is 12.1 Å². The molecule has 0 saturated carbocycles. The SMILES string of the molecule is CC1C(C(=O)O)CCN1C(=O)Nc1cc(Br)ccc1Br. The van der Waals surface area contributed by atoms with Gasteiger partial charge in [0.1, 0.15) is 0 Å². The summed E-state index contributed by atoms with van der Waals surface area (Å²) in [7, 11) is 0. The molecule has 0 bridgehead atoms. The van der Waals surface area contributed by atoms with Crippen LogP contribution in [-0.4, -0.2) is 34.6 Å². The molecule has 20 heavy (non-hydrogen) atoms. The van der Waals surface area contributed by atoms with Crippen molar-refractivity contribution in [3.8, 4) is 0 Å². The quantitative estimate of drug-likeness (QED) is 0.790. The summed E-state index contributed by atoms with van der Waals surface area (Å²) < 4.78 is 1.63. The number of hydrogen-bond donors (Lipinski definition) is 2. The number of aliphatic carboxylic acids is 1. The molecule has 1 fully saturated rings. The van der Waals surface area contributed by atoms with Crippen molar-refractivity contribution in [3.05, 3.63) is 27.1 Å². The maximum Gasteiger partial charge on any atom is 0.322 e. The van der Waals surface area contributed by atoms with Gasteiger partial charge in [-0.25, -0.2) is 4.79 Å². The molecule has 5 nitrogen and oxygen atoms in total. The Morgan fingerprint density at radius 3 is 2.70 bits per heavy atom. The van der Waals surface area contributed by atoms with E-state index in [2.05, 4.69) is 37.2 Å². The van der Waals surface area contributed by atoms with Crippen molar-refractivity contribution in [2.75, 3.05) is 11.9 Å². The number of carbonyl (C=O) groups is 2. The highest BCUT2D eigenvalue weighted by Crippen LogP contribution is 2.29. The van der Waals surface area contributed by atoms with Gasteiger partial charge in [-0.2, -0.15) is 0 Å². The lowest BCUT2D eigenvalue weighted by Gasteiger charge is -2.24. The van der Waals surface area contributed by atoms with E-state index in [0.29, 0.717) is 18.7 Å². The number of benzene rings is 1. The van der Waals surface area contributed by atoms with Gasteiger partial charge in [0.25, 0.3) is 0 Å². The van der Waals surface area contributed by atoms with Crippen LogP contribution >= 0.6 is 31.9 Å². The van der Waals surface area contributed by atoms with Gasteiger partial charge in [0, 0.05) is 21.5 Å². The van der Waals surface area contributed by atoms with Gasteiger partial charge in [-0.05, 0) is 47.5 Å². The molecule has 2 N–H and O–H groups in total.